The van der Waals surface area contributed by atoms with Gasteiger partial charge in [-0.25, -0.2) is 14.4 Å². The lowest BCUT2D eigenvalue weighted by Gasteiger charge is -2.33. The van der Waals surface area contributed by atoms with Gasteiger partial charge in [-0.3, -0.25) is 4.79 Å². The maximum atomic E-state index is 14.7. The van der Waals surface area contributed by atoms with Crippen LogP contribution in [0, 0.1) is 5.82 Å². The van der Waals surface area contributed by atoms with Crippen LogP contribution in [0.15, 0.2) is 30.6 Å². The van der Waals surface area contributed by atoms with Crippen LogP contribution in [0.25, 0.3) is 11.4 Å². The maximum absolute atomic E-state index is 14.7. The second-order valence-electron chi connectivity index (χ2n) is 7.64. The van der Waals surface area contributed by atoms with E-state index in [1.165, 1.54) is 29.4 Å². The molecule has 3 heterocycles. The van der Waals surface area contributed by atoms with E-state index in [1.807, 2.05) is 11.8 Å². The Morgan fingerprint density at radius 3 is 2.67 bits per heavy atom. The molecule has 0 aliphatic carbocycles. The number of anilines is 2. The molecule has 172 valence electrons. The second-order valence-corrected chi connectivity index (χ2v) is 7.64. The Kier molecular flexibility index (Phi) is 6.27. The normalized spacial score (nSPS) is 15.9. The van der Waals surface area contributed by atoms with Crippen molar-refractivity contribution in [3.8, 4) is 23.1 Å². The number of benzene rings is 1. The second kappa shape index (κ2) is 9.28. The molecule has 1 aliphatic heterocycles. The molecule has 1 aliphatic rings. The van der Waals surface area contributed by atoms with Crippen molar-refractivity contribution in [2.24, 2.45) is 0 Å². The number of hydrogen-bond donors (Lipinski definition) is 1. The third kappa shape index (κ3) is 4.95. The summed E-state index contributed by atoms with van der Waals surface area (Å²) in [6.45, 7) is 3.58. The number of morpholine rings is 1. The van der Waals surface area contributed by atoms with Crippen LogP contribution in [0.2, 0.25) is 0 Å². The molecule has 1 fully saturated rings. The third-order valence-electron chi connectivity index (χ3n) is 4.94. The average Bonchev–Trinajstić information content (AvgIpc) is 2.80. The predicted octanol–water partition coefficient (Wildman–Crippen LogP) is 1.77. The van der Waals surface area contributed by atoms with E-state index >= 15 is 0 Å². The van der Waals surface area contributed by atoms with Gasteiger partial charge in [-0.2, -0.15) is 15.0 Å². The van der Waals surface area contributed by atoms with Gasteiger partial charge in [0.2, 0.25) is 11.9 Å². The monoisotopic (exact) mass is 454 g/mol. The minimum absolute atomic E-state index is 0.0117. The number of carbonyl (C=O) groups is 1. The molecule has 1 atom stereocenters. The molecule has 11 nitrogen and oxygen atoms in total. The zero-order valence-electron chi connectivity index (χ0n) is 18.4. The number of ether oxygens (including phenoxy) is 2. The summed E-state index contributed by atoms with van der Waals surface area (Å²) in [4.78, 5) is 36.6. The first kappa shape index (κ1) is 22.3. The summed E-state index contributed by atoms with van der Waals surface area (Å²) in [6, 6.07) is 3.84. The van der Waals surface area contributed by atoms with E-state index in [2.05, 4.69) is 24.9 Å². The first-order chi connectivity index (χ1) is 15.8. The predicted molar refractivity (Wildman–Crippen MR) is 117 cm³/mol. The number of nitrogens with zero attached hydrogens (tertiary/aromatic N) is 7. The van der Waals surface area contributed by atoms with Gasteiger partial charge in [0.1, 0.15) is 0 Å². The molecule has 12 heteroatoms. The SMILES string of the molecule is CC1COCCN1c1nc(Oc2ccc(C(=O)N(C)C)cc2F)nc(-c2cnc(N)nc2)n1. The van der Waals surface area contributed by atoms with Crippen LogP contribution in [0.5, 0.6) is 11.8 Å². The average molecular weight is 454 g/mol. The van der Waals surface area contributed by atoms with Gasteiger partial charge < -0.3 is 25.0 Å². The summed E-state index contributed by atoms with van der Waals surface area (Å²) in [5, 5.41) is 0. The van der Waals surface area contributed by atoms with Crippen LogP contribution in [0.1, 0.15) is 17.3 Å². The molecule has 1 unspecified atom stereocenters. The quantitative estimate of drug-likeness (QED) is 0.608. The van der Waals surface area contributed by atoms with E-state index in [0.717, 1.165) is 6.07 Å². The summed E-state index contributed by atoms with van der Waals surface area (Å²) >= 11 is 0. The van der Waals surface area contributed by atoms with Crippen molar-refractivity contribution in [1.82, 2.24) is 29.8 Å². The van der Waals surface area contributed by atoms with Gasteiger partial charge >= 0.3 is 6.01 Å². The van der Waals surface area contributed by atoms with Gasteiger partial charge in [-0.15, -0.1) is 0 Å². The van der Waals surface area contributed by atoms with E-state index in [1.54, 1.807) is 14.1 Å². The van der Waals surface area contributed by atoms with Crippen LogP contribution in [0.4, 0.5) is 16.3 Å². The van der Waals surface area contributed by atoms with E-state index in [4.69, 9.17) is 15.2 Å². The number of halogens is 1. The van der Waals surface area contributed by atoms with Crippen molar-refractivity contribution in [2.45, 2.75) is 13.0 Å². The summed E-state index contributed by atoms with van der Waals surface area (Å²) < 4.78 is 25.9. The number of aromatic nitrogens is 5. The maximum Gasteiger partial charge on any atom is 0.327 e. The third-order valence-corrected chi connectivity index (χ3v) is 4.94. The highest BCUT2D eigenvalue weighted by Gasteiger charge is 2.24. The van der Waals surface area contributed by atoms with E-state index in [9.17, 15) is 9.18 Å². The van der Waals surface area contributed by atoms with Crippen molar-refractivity contribution < 1.29 is 18.7 Å². The van der Waals surface area contributed by atoms with Crippen LogP contribution in [-0.2, 0) is 4.74 Å². The fourth-order valence-corrected chi connectivity index (χ4v) is 3.20. The first-order valence-electron chi connectivity index (χ1n) is 10.2. The largest absolute Gasteiger partial charge is 0.421 e. The molecule has 1 amide bonds. The zero-order chi connectivity index (χ0) is 23.5. The highest BCUT2D eigenvalue weighted by Crippen LogP contribution is 2.27. The molecule has 0 spiro atoms. The highest BCUT2D eigenvalue weighted by atomic mass is 19.1. The van der Waals surface area contributed by atoms with Gasteiger partial charge in [-0.05, 0) is 25.1 Å². The number of hydrogen-bond acceptors (Lipinski definition) is 10. The van der Waals surface area contributed by atoms with E-state index < -0.39 is 5.82 Å². The lowest BCUT2D eigenvalue weighted by molar-refractivity contribution is 0.0827. The number of rotatable bonds is 5. The van der Waals surface area contributed by atoms with Gasteiger partial charge in [-0.1, -0.05) is 0 Å². The Bertz CT molecular complexity index is 1160. The Balaban J connectivity index is 1.71. The number of nitrogens with two attached hydrogens (primary N) is 1. The summed E-state index contributed by atoms with van der Waals surface area (Å²) in [6.07, 6.45) is 2.96. The molecule has 4 rings (SSSR count). The topological polar surface area (TPSA) is 132 Å². The minimum atomic E-state index is -0.721. The van der Waals surface area contributed by atoms with Crippen molar-refractivity contribution in [1.29, 1.82) is 0 Å². The van der Waals surface area contributed by atoms with Gasteiger partial charge in [0.15, 0.2) is 17.4 Å². The molecule has 1 saturated heterocycles. The lowest BCUT2D eigenvalue weighted by Crippen LogP contribution is -2.44. The van der Waals surface area contributed by atoms with Gasteiger partial charge in [0.25, 0.3) is 5.91 Å². The molecule has 2 aromatic heterocycles. The van der Waals surface area contributed by atoms with Crippen LogP contribution >= 0.6 is 0 Å². The van der Waals surface area contributed by atoms with E-state index in [-0.39, 0.29) is 41.0 Å². The van der Waals surface area contributed by atoms with Crippen molar-refractivity contribution in [3.05, 3.63) is 42.0 Å². The molecule has 0 radical (unpaired) electrons. The van der Waals surface area contributed by atoms with Crippen LogP contribution in [-0.4, -0.2) is 75.6 Å². The minimum Gasteiger partial charge on any atom is -0.421 e. The summed E-state index contributed by atoms with van der Waals surface area (Å²) in [5.74, 6) is -0.467. The van der Waals surface area contributed by atoms with E-state index in [0.29, 0.717) is 31.3 Å². The Hall–Kier alpha value is -3.93. The number of carbonyl (C=O) groups excluding carboxylic acids is 1. The zero-order valence-corrected chi connectivity index (χ0v) is 18.4. The Morgan fingerprint density at radius 2 is 2.00 bits per heavy atom. The fourth-order valence-electron chi connectivity index (χ4n) is 3.20. The molecular weight excluding hydrogens is 431 g/mol. The molecule has 0 saturated carbocycles. The standard InChI is InChI=1S/C21H23FN8O3/c1-12-11-32-7-6-30(12)20-26-17(14-9-24-19(23)25-10-14)27-21(28-20)33-16-5-4-13(8-15(16)22)18(31)29(2)3/h4-5,8-10,12H,6-7,11H2,1-3H3,(H2,23,24,25). The van der Waals surface area contributed by atoms with Gasteiger partial charge in [0, 0.05) is 38.6 Å². The van der Waals surface area contributed by atoms with Crippen molar-refractivity contribution >= 4 is 17.8 Å². The fraction of sp³-hybridized carbons (Fsp3) is 0.333. The molecule has 33 heavy (non-hydrogen) atoms. The molecule has 0 bridgehead atoms. The molecular formula is C21H23FN8O3. The van der Waals surface area contributed by atoms with Crippen molar-refractivity contribution in [3.63, 3.8) is 0 Å². The molecule has 2 N–H and O–H groups in total. The first-order valence-corrected chi connectivity index (χ1v) is 10.2. The van der Waals surface area contributed by atoms with Crippen molar-refractivity contribution in [2.75, 3.05) is 44.5 Å². The molecule has 1 aromatic carbocycles. The lowest BCUT2D eigenvalue weighted by atomic mass is 10.2. The summed E-state index contributed by atoms with van der Waals surface area (Å²) in [7, 11) is 3.18. The number of nitrogen functional groups attached to an aromatic ring is 1. The smallest absolute Gasteiger partial charge is 0.327 e. The van der Waals surface area contributed by atoms with Crippen LogP contribution < -0.4 is 15.4 Å². The number of amides is 1. The Labute approximate surface area is 189 Å². The summed E-state index contributed by atoms with van der Waals surface area (Å²) in [5.41, 5.74) is 6.27. The highest BCUT2D eigenvalue weighted by molar-refractivity contribution is 5.94. The molecule has 3 aromatic rings. The Morgan fingerprint density at radius 1 is 1.24 bits per heavy atom. The van der Waals surface area contributed by atoms with Gasteiger partial charge in [0.05, 0.1) is 24.8 Å². The van der Waals surface area contributed by atoms with Crippen LogP contribution in [0.3, 0.4) is 0 Å².